The van der Waals surface area contributed by atoms with Crippen molar-refractivity contribution in [2.24, 2.45) is 0 Å². The summed E-state index contributed by atoms with van der Waals surface area (Å²) in [4.78, 5) is 2.37. The van der Waals surface area contributed by atoms with Crippen molar-refractivity contribution in [3.63, 3.8) is 0 Å². The Bertz CT molecular complexity index is 533. The van der Waals surface area contributed by atoms with Crippen LogP contribution < -0.4 is 10.2 Å². The highest BCUT2D eigenvalue weighted by atomic mass is 16.3. The number of aryl methyl sites for hydroxylation is 1. The molecule has 2 aromatic rings. The Hall–Kier alpha value is -1.74. The molecule has 0 aliphatic rings. The zero-order valence-electron chi connectivity index (χ0n) is 12.6. The molecule has 0 fully saturated rings. The first-order chi connectivity index (χ1) is 9.74. The van der Waals surface area contributed by atoms with Gasteiger partial charge in [0.05, 0.1) is 12.8 Å². The third kappa shape index (κ3) is 3.64. The SMILES string of the molecule is CCNCc1occc1CN(CC)c1cccc(C)c1. The van der Waals surface area contributed by atoms with Gasteiger partial charge in [-0.05, 0) is 44.2 Å². The fraction of sp³-hybridized carbons (Fsp3) is 0.412. The van der Waals surface area contributed by atoms with Crippen LogP contribution in [0.5, 0.6) is 0 Å². The van der Waals surface area contributed by atoms with Crippen LogP contribution in [-0.4, -0.2) is 13.1 Å². The molecule has 1 heterocycles. The van der Waals surface area contributed by atoms with Gasteiger partial charge in [0, 0.05) is 24.3 Å². The van der Waals surface area contributed by atoms with Crippen LogP contribution in [0.25, 0.3) is 0 Å². The molecule has 0 aliphatic carbocycles. The monoisotopic (exact) mass is 272 g/mol. The molecule has 1 aromatic heterocycles. The summed E-state index contributed by atoms with van der Waals surface area (Å²) in [6.45, 7) is 10.0. The molecular weight excluding hydrogens is 248 g/mol. The van der Waals surface area contributed by atoms with Crippen molar-refractivity contribution in [3.8, 4) is 0 Å². The Morgan fingerprint density at radius 3 is 2.75 bits per heavy atom. The lowest BCUT2D eigenvalue weighted by Crippen LogP contribution is -2.23. The van der Waals surface area contributed by atoms with Crippen LogP contribution in [0.4, 0.5) is 5.69 Å². The van der Waals surface area contributed by atoms with Crippen LogP contribution in [0.15, 0.2) is 41.0 Å². The summed E-state index contributed by atoms with van der Waals surface area (Å²) < 4.78 is 5.58. The van der Waals surface area contributed by atoms with Crippen molar-refractivity contribution >= 4 is 5.69 Å². The lowest BCUT2D eigenvalue weighted by molar-refractivity contribution is 0.482. The van der Waals surface area contributed by atoms with Gasteiger partial charge in [-0.1, -0.05) is 19.1 Å². The molecule has 0 unspecified atom stereocenters. The molecule has 1 aromatic carbocycles. The molecule has 0 atom stereocenters. The predicted molar refractivity (Wildman–Crippen MR) is 84.0 cm³/mol. The zero-order chi connectivity index (χ0) is 14.4. The lowest BCUT2D eigenvalue weighted by atomic mass is 10.1. The second-order valence-electron chi connectivity index (χ2n) is 5.00. The van der Waals surface area contributed by atoms with Crippen LogP contribution in [0.2, 0.25) is 0 Å². The average Bonchev–Trinajstić information content (AvgIpc) is 2.89. The molecule has 3 heteroatoms. The topological polar surface area (TPSA) is 28.4 Å². The van der Waals surface area contributed by atoms with Gasteiger partial charge in [-0.3, -0.25) is 0 Å². The summed E-state index contributed by atoms with van der Waals surface area (Å²) >= 11 is 0. The highest BCUT2D eigenvalue weighted by Gasteiger charge is 2.11. The van der Waals surface area contributed by atoms with E-state index in [0.29, 0.717) is 0 Å². The molecule has 0 saturated heterocycles. The molecule has 3 nitrogen and oxygen atoms in total. The first-order valence-corrected chi connectivity index (χ1v) is 7.32. The van der Waals surface area contributed by atoms with Gasteiger partial charge in [0.2, 0.25) is 0 Å². The predicted octanol–water partition coefficient (Wildman–Crippen LogP) is 3.72. The van der Waals surface area contributed by atoms with Gasteiger partial charge < -0.3 is 14.6 Å². The molecule has 0 radical (unpaired) electrons. The molecule has 0 spiro atoms. The number of hydrogen-bond acceptors (Lipinski definition) is 3. The van der Waals surface area contributed by atoms with Gasteiger partial charge in [0.15, 0.2) is 0 Å². The van der Waals surface area contributed by atoms with Crippen molar-refractivity contribution in [2.75, 3.05) is 18.0 Å². The maximum Gasteiger partial charge on any atom is 0.122 e. The minimum absolute atomic E-state index is 0.796. The summed E-state index contributed by atoms with van der Waals surface area (Å²) in [5.74, 6) is 1.04. The van der Waals surface area contributed by atoms with Gasteiger partial charge in [0.25, 0.3) is 0 Å². The van der Waals surface area contributed by atoms with Crippen LogP contribution in [-0.2, 0) is 13.1 Å². The van der Waals surface area contributed by atoms with Crippen molar-refractivity contribution in [1.29, 1.82) is 0 Å². The Kier molecular flexibility index (Phi) is 5.24. The number of rotatable bonds is 7. The number of nitrogens with one attached hydrogen (secondary N) is 1. The quantitative estimate of drug-likeness (QED) is 0.832. The third-order valence-corrected chi connectivity index (χ3v) is 3.48. The molecule has 0 amide bonds. The van der Waals surface area contributed by atoms with Crippen LogP contribution in [0.1, 0.15) is 30.7 Å². The van der Waals surface area contributed by atoms with Crippen molar-refractivity contribution in [1.82, 2.24) is 5.32 Å². The van der Waals surface area contributed by atoms with Crippen LogP contribution >= 0.6 is 0 Å². The van der Waals surface area contributed by atoms with E-state index in [1.165, 1.54) is 16.8 Å². The van der Waals surface area contributed by atoms with E-state index in [1.54, 1.807) is 6.26 Å². The fourth-order valence-electron chi connectivity index (χ4n) is 2.32. The fourth-order valence-corrected chi connectivity index (χ4v) is 2.32. The standard InChI is InChI=1S/C17H24N2O/c1-4-18-12-17-15(9-10-20-17)13-19(5-2)16-8-6-7-14(3)11-16/h6-11,18H,4-5,12-13H2,1-3H3. The van der Waals surface area contributed by atoms with Gasteiger partial charge in [-0.15, -0.1) is 0 Å². The Morgan fingerprint density at radius 1 is 1.20 bits per heavy atom. The molecule has 20 heavy (non-hydrogen) atoms. The number of anilines is 1. The Labute approximate surface area is 121 Å². The number of furan rings is 1. The third-order valence-electron chi connectivity index (χ3n) is 3.48. The molecular formula is C17H24N2O. The molecule has 2 rings (SSSR count). The number of benzene rings is 1. The van der Waals surface area contributed by atoms with Crippen LogP contribution in [0.3, 0.4) is 0 Å². The minimum Gasteiger partial charge on any atom is -0.468 e. The smallest absolute Gasteiger partial charge is 0.122 e. The summed E-state index contributed by atoms with van der Waals surface area (Å²) in [6.07, 6.45) is 1.78. The zero-order valence-corrected chi connectivity index (χ0v) is 12.6. The highest BCUT2D eigenvalue weighted by molar-refractivity contribution is 5.49. The van der Waals surface area contributed by atoms with E-state index in [0.717, 1.165) is 31.9 Å². The summed E-state index contributed by atoms with van der Waals surface area (Å²) in [6, 6.07) is 10.7. The first kappa shape index (κ1) is 14.7. The maximum absolute atomic E-state index is 5.58. The maximum atomic E-state index is 5.58. The summed E-state index contributed by atoms with van der Waals surface area (Å²) in [5.41, 5.74) is 3.82. The van der Waals surface area contributed by atoms with E-state index in [1.807, 2.05) is 0 Å². The normalized spacial score (nSPS) is 10.8. The van der Waals surface area contributed by atoms with Gasteiger partial charge in [0.1, 0.15) is 5.76 Å². The van der Waals surface area contributed by atoms with E-state index in [2.05, 4.69) is 61.3 Å². The Balaban J connectivity index is 2.12. The lowest BCUT2D eigenvalue weighted by Gasteiger charge is -2.23. The van der Waals surface area contributed by atoms with Crippen molar-refractivity contribution in [2.45, 2.75) is 33.9 Å². The summed E-state index contributed by atoms with van der Waals surface area (Å²) in [7, 11) is 0. The highest BCUT2D eigenvalue weighted by Crippen LogP contribution is 2.20. The largest absolute Gasteiger partial charge is 0.468 e. The van der Waals surface area contributed by atoms with E-state index in [4.69, 9.17) is 4.42 Å². The molecule has 0 saturated carbocycles. The average molecular weight is 272 g/mol. The number of hydrogen-bond donors (Lipinski definition) is 1. The van der Waals surface area contributed by atoms with E-state index in [9.17, 15) is 0 Å². The Morgan fingerprint density at radius 2 is 2.05 bits per heavy atom. The first-order valence-electron chi connectivity index (χ1n) is 7.32. The molecule has 1 N–H and O–H groups in total. The minimum atomic E-state index is 0.796. The van der Waals surface area contributed by atoms with Gasteiger partial charge in [-0.2, -0.15) is 0 Å². The molecule has 108 valence electrons. The van der Waals surface area contributed by atoms with E-state index in [-0.39, 0.29) is 0 Å². The molecule has 0 aliphatic heterocycles. The van der Waals surface area contributed by atoms with Gasteiger partial charge in [-0.25, -0.2) is 0 Å². The second-order valence-corrected chi connectivity index (χ2v) is 5.00. The number of nitrogens with zero attached hydrogens (tertiary/aromatic N) is 1. The second kappa shape index (κ2) is 7.15. The van der Waals surface area contributed by atoms with E-state index >= 15 is 0 Å². The van der Waals surface area contributed by atoms with Gasteiger partial charge >= 0.3 is 0 Å². The van der Waals surface area contributed by atoms with Crippen molar-refractivity contribution < 1.29 is 4.42 Å². The van der Waals surface area contributed by atoms with Crippen molar-refractivity contribution in [3.05, 3.63) is 53.5 Å². The summed E-state index contributed by atoms with van der Waals surface area (Å²) in [5, 5.41) is 3.32. The van der Waals surface area contributed by atoms with E-state index < -0.39 is 0 Å². The van der Waals surface area contributed by atoms with Crippen LogP contribution in [0, 0.1) is 6.92 Å². The molecule has 0 bridgehead atoms.